The number of carboxylic acids is 1. The fourth-order valence-electron chi connectivity index (χ4n) is 2.00. The van der Waals surface area contributed by atoms with E-state index in [1.807, 2.05) is 12.1 Å². The van der Waals surface area contributed by atoms with Crippen molar-refractivity contribution >= 4 is 27.6 Å². The maximum Gasteiger partial charge on any atom is 0.303 e. The zero-order chi connectivity index (χ0) is 13.7. The molecule has 102 valence electrons. The molecule has 1 aromatic carbocycles. The van der Waals surface area contributed by atoms with Gasteiger partial charge in [0.15, 0.2) is 0 Å². The Bertz CT molecular complexity index is 479. The summed E-state index contributed by atoms with van der Waals surface area (Å²) in [7, 11) is 0. The van der Waals surface area contributed by atoms with Gasteiger partial charge >= 0.3 is 5.97 Å². The minimum atomic E-state index is -0.797. The fraction of sp³-hybridized carbons (Fsp3) is 0.429. The number of hydrogen-bond acceptors (Lipinski definition) is 3. The average Bonchev–Trinajstić information content (AvgIpc) is 2.30. The topological polar surface area (TPSA) is 58.9 Å². The van der Waals surface area contributed by atoms with Gasteiger partial charge in [-0.25, -0.2) is 0 Å². The van der Waals surface area contributed by atoms with Crippen molar-refractivity contribution in [2.45, 2.75) is 31.6 Å². The molecule has 0 aromatic heterocycles. The van der Waals surface area contributed by atoms with E-state index in [4.69, 9.17) is 9.94 Å². The molecule has 0 saturated heterocycles. The van der Waals surface area contributed by atoms with E-state index < -0.39 is 5.97 Å². The van der Waals surface area contributed by atoms with Gasteiger partial charge in [-0.05, 0) is 42.9 Å². The summed E-state index contributed by atoms with van der Waals surface area (Å²) in [5.41, 5.74) is 2.37. The number of hydrogen-bond donors (Lipinski definition) is 1. The molecule has 1 N–H and O–H groups in total. The molecule has 0 aliphatic heterocycles. The normalized spacial score (nSPS) is 17.7. The first-order valence-corrected chi connectivity index (χ1v) is 7.09. The Morgan fingerprint density at radius 3 is 2.95 bits per heavy atom. The maximum atomic E-state index is 10.3. The second kappa shape index (κ2) is 6.70. The summed E-state index contributed by atoms with van der Waals surface area (Å²) in [4.78, 5) is 15.4. The standard InChI is InChI=1S/C14H16BrNO3/c15-12-4-1-3-10(7-12)11-8-13(9-11)16-19-6-2-5-14(17)18/h1,3-4,7,11H,2,5-6,8-9H2,(H,17,18). The number of rotatable bonds is 6. The first-order chi connectivity index (χ1) is 9.15. The molecule has 0 atom stereocenters. The van der Waals surface area contributed by atoms with Crippen molar-refractivity contribution < 1.29 is 14.7 Å². The van der Waals surface area contributed by atoms with Crippen LogP contribution in [0.25, 0.3) is 0 Å². The Balaban J connectivity index is 1.69. The van der Waals surface area contributed by atoms with Crippen LogP contribution in [0.4, 0.5) is 0 Å². The molecule has 1 fully saturated rings. The Labute approximate surface area is 120 Å². The summed E-state index contributed by atoms with van der Waals surface area (Å²) in [6, 6.07) is 8.31. The van der Waals surface area contributed by atoms with Crippen molar-refractivity contribution in [3.8, 4) is 0 Å². The van der Waals surface area contributed by atoms with Gasteiger partial charge in [-0.15, -0.1) is 0 Å². The van der Waals surface area contributed by atoms with E-state index in [1.54, 1.807) is 0 Å². The molecule has 19 heavy (non-hydrogen) atoms. The number of halogens is 1. The Kier molecular flexibility index (Phi) is 4.96. The summed E-state index contributed by atoms with van der Waals surface area (Å²) < 4.78 is 1.10. The third-order valence-electron chi connectivity index (χ3n) is 3.10. The Morgan fingerprint density at radius 1 is 1.47 bits per heavy atom. The van der Waals surface area contributed by atoms with E-state index in [9.17, 15) is 4.79 Å². The quantitative estimate of drug-likeness (QED) is 0.642. The highest BCUT2D eigenvalue weighted by atomic mass is 79.9. The zero-order valence-corrected chi connectivity index (χ0v) is 12.1. The molecule has 2 rings (SSSR count). The van der Waals surface area contributed by atoms with Crippen LogP contribution in [0.3, 0.4) is 0 Å². The molecular weight excluding hydrogens is 310 g/mol. The van der Waals surface area contributed by atoms with Crippen LogP contribution in [-0.4, -0.2) is 23.4 Å². The molecule has 0 unspecified atom stereocenters. The van der Waals surface area contributed by atoms with E-state index in [2.05, 4.69) is 33.2 Å². The van der Waals surface area contributed by atoms with Gasteiger partial charge in [0, 0.05) is 10.9 Å². The maximum absolute atomic E-state index is 10.3. The number of aliphatic carboxylic acids is 1. The van der Waals surface area contributed by atoms with E-state index in [0.29, 0.717) is 18.9 Å². The predicted octanol–water partition coefficient (Wildman–Crippen LogP) is 3.56. The van der Waals surface area contributed by atoms with Crippen LogP contribution in [0.2, 0.25) is 0 Å². The smallest absolute Gasteiger partial charge is 0.303 e. The van der Waals surface area contributed by atoms with Gasteiger partial charge in [0.1, 0.15) is 6.61 Å². The molecule has 0 radical (unpaired) electrons. The number of oxime groups is 1. The monoisotopic (exact) mass is 325 g/mol. The number of nitrogens with zero attached hydrogens (tertiary/aromatic N) is 1. The molecule has 0 amide bonds. The first-order valence-electron chi connectivity index (χ1n) is 6.30. The summed E-state index contributed by atoms with van der Waals surface area (Å²) in [6.07, 6.45) is 2.48. The van der Waals surface area contributed by atoms with Crippen molar-refractivity contribution in [3.05, 3.63) is 34.3 Å². The lowest BCUT2D eigenvalue weighted by Gasteiger charge is -2.27. The third-order valence-corrected chi connectivity index (χ3v) is 3.60. The molecule has 5 heteroatoms. The van der Waals surface area contributed by atoms with Gasteiger partial charge in [-0.1, -0.05) is 33.2 Å². The molecular formula is C14H16BrNO3. The van der Waals surface area contributed by atoms with Gasteiger partial charge in [-0.3, -0.25) is 4.79 Å². The van der Waals surface area contributed by atoms with Crippen LogP contribution in [0.15, 0.2) is 33.9 Å². The molecule has 4 nitrogen and oxygen atoms in total. The van der Waals surface area contributed by atoms with Crippen LogP contribution in [0.5, 0.6) is 0 Å². The molecule has 1 aromatic rings. The van der Waals surface area contributed by atoms with Crippen LogP contribution in [0.1, 0.15) is 37.2 Å². The second-order valence-electron chi connectivity index (χ2n) is 4.65. The lowest BCUT2D eigenvalue weighted by molar-refractivity contribution is -0.137. The van der Waals surface area contributed by atoms with E-state index >= 15 is 0 Å². The summed E-state index contributed by atoms with van der Waals surface area (Å²) in [6.45, 7) is 0.372. The summed E-state index contributed by atoms with van der Waals surface area (Å²) in [5.74, 6) is -0.270. The highest BCUT2D eigenvalue weighted by Crippen LogP contribution is 2.35. The Morgan fingerprint density at radius 2 is 2.26 bits per heavy atom. The number of carboxylic acid groups (broad SMARTS) is 1. The largest absolute Gasteiger partial charge is 0.481 e. The van der Waals surface area contributed by atoms with Gasteiger partial charge in [0.05, 0.1) is 5.71 Å². The highest BCUT2D eigenvalue weighted by Gasteiger charge is 2.26. The van der Waals surface area contributed by atoms with Crippen molar-refractivity contribution in [2.24, 2.45) is 5.16 Å². The van der Waals surface area contributed by atoms with E-state index in [0.717, 1.165) is 23.0 Å². The van der Waals surface area contributed by atoms with E-state index in [1.165, 1.54) is 5.56 Å². The molecule has 1 aliphatic carbocycles. The summed E-state index contributed by atoms with van der Waals surface area (Å²) >= 11 is 3.47. The average molecular weight is 326 g/mol. The van der Waals surface area contributed by atoms with Crippen molar-refractivity contribution in [1.82, 2.24) is 0 Å². The molecule has 1 saturated carbocycles. The number of carbonyl (C=O) groups is 1. The zero-order valence-electron chi connectivity index (χ0n) is 10.5. The number of benzene rings is 1. The van der Waals surface area contributed by atoms with Gasteiger partial charge in [0.25, 0.3) is 0 Å². The lowest BCUT2D eigenvalue weighted by atomic mass is 9.78. The SMILES string of the molecule is O=C(O)CCCON=C1CC(c2cccc(Br)c2)C1. The molecule has 0 bridgehead atoms. The second-order valence-corrected chi connectivity index (χ2v) is 5.56. The van der Waals surface area contributed by atoms with Crippen molar-refractivity contribution in [2.75, 3.05) is 6.61 Å². The highest BCUT2D eigenvalue weighted by molar-refractivity contribution is 9.10. The Hall–Kier alpha value is -1.36. The van der Waals surface area contributed by atoms with Crippen molar-refractivity contribution in [3.63, 3.8) is 0 Å². The van der Waals surface area contributed by atoms with Crippen molar-refractivity contribution in [1.29, 1.82) is 0 Å². The van der Waals surface area contributed by atoms with Gasteiger partial charge in [0.2, 0.25) is 0 Å². The van der Waals surface area contributed by atoms with Gasteiger partial charge in [-0.2, -0.15) is 0 Å². The minimum Gasteiger partial charge on any atom is -0.481 e. The molecule has 0 spiro atoms. The predicted molar refractivity (Wildman–Crippen MR) is 76.4 cm³/mol. The summed E-state index contributed by atoms with van der Waals surface area (Å²) in [5, 5.41) is 12.5. The van der Waals surface area contributed by atoms with Crippen LogP contribution >= 0.6 is 15.9 Å². The fourth-order valence-corrected chi connectivity index (χ4v) is 2.42. The third kappa shape index (κ3) is 4.35. The van der Waals surface area contributed by atoms with Crippen LogP contribution in [0, 0.1) is 0 Å². The van der Waals surface area contributed by atoms with E-state index in [-0.39, 0.29) is 6.42 Å². The first kappa shape index (κ1) is 14.1. The molecule has 1 aliphatic rings. The minimum absolute atomic E-state index is 0.130. The van der Waals surface area contributed by atoms with Crippen LogP contribution < -0.4 is 0 Å². The van der Waals surface area contributed by atoms with Gasteiger partial charge < -0.3 is 9.94 Å². The molecule has 0 heterocycles. The van der Waals surface area contributed by atoms with Crippen LogP contribution in [-0.2, 0) is 9.63 Å². The lowest BCUT2D eigenvalue weighted by Crippen LogP contribution is -2.22.